The summed E-state index contributed by atoms with van der Waals surface area (Å²) in [7, 11) is 0. The van der Waals surface area contributed by atoms with Crippen LogP contribution in [0.1, 0.15) is 33.1 Å². The van der Waals surface area contributed by atoms with Crippen LogP contribution in [-0.2, 0) is 0 Å². The summed E-state index contributed by atoms with van der Waals surface area (Å²) in [6.07, 6.45) is 5.35. The maximum absolute atomic E-state index is 4.11. The summed E-state index contributed by atoms with van der Waals surface area (Å²) >= 11 is 1.59. The average molecular weight is 288 g/mol. The Labute approximate surface area is 123 Å². The molecule has 1 aliphatic rings. The molecule has 1 aliphatic carbocycles. The van der Waals surface area contributed by atoms with E-state index >= 15 is 0 Å². The number of anilines is 1. The molecule has 0 saturated heterocycles. The molecule has 0 bridgehead atoms. The second kappa shape index (κ2) is 5.48. The van der Waals surface area contributed by atoms with Crippen LogP contribution in [-0.4, -0.2) is 21.2 Å². The zero-order valence-corrected chi connectivity index (χ0v) is 12.7. The summed E-state index contributed by atoms with van der Waals surface area (Å²) in [6, 6.07) is 9.14. The normalized spacial score (nSPS) is 21.0. The van der Waals surface area contributed by atoms with Gasteiger partial charge >= 0.3 is 0 Å². The molecule has 0 radical (unpaired) electrons. The van der Waals surface area contributed by atoms with Crippen LogP contribution in [0.5, 0.6) is 0 Å². The minimum absolute atomic E-state index is 0.486. The highest BCUT2D eigenvalue weighted by Gasteiger charge is 2.30. The van der Waals surface area contributed by atoms with Crippen LogP contribution in [0.4, 0.5) is 5.69 Å². The molecule has 0 spiro atoms. The minimum atomic E-state index is 0.486. The van der Waals surface area contributed by atoms with Crippen LogP contribution < -0.4 is 5.32 Å². The predicted molar refractivity (Wildman–Crippen MR) is 82.0 cm³/mol. The Morgan fingerprint density at radius 3 is 2.70 bits per heavy atom. The molecule has 2 N–H and O–H groups in total. The van der Waals surface area contributed by atoms with Gasteiger partial charge in [0.2, 0.25) is 0 Å². The molecule has 1 aromatic heterocycles. The quantitative estimate of drug-likeness (QED) is 0.894. The molecule has 1 fully saturated rings. The molecule has 20 heavy (non-hydrogen) atoms. The van der Waals surface area contributed by atoms with E-state index in [0.29, 0.717) is 11.5 Å². The van der Waals surface area contributed by atoms with Crippen LogP contribution in [0.2, 0.25) is 0 Å². The zero-order valence-electron chi connectivity index (χ0n) is 11.9. The molecule has 1 unspecified atom stereocenters. The van der Waals surface area contributed by atoms with E-state index in [4.69, 9.17) is 0 Å². The molecule has 1 aromatic carbocycles. The van der Waals surface area contributed by atoms with Gasteiger partial charge in [0.25, 0.3) is 0 Å². The molecule has 5 heteroatoms. The lowest BCUT2D eigenvalue weighted by molar-refractivity contribution is 0.378. The molecule has 4 nitrogen and oxygen atoms in total. The number of nitrogens with zero attached hydrogens (tertiary/aromatic N) is 2. The Kier molecular flexibility index (Phi) is 3.70. The second-order valence-corrected chi connectivity index (χ2v) is 7.23. The lowest BCUT2D eigenvalue weighted by Crippen LogP contribution is -2.17. The molecule has 1 saturated carbocycles. The van der Waals surface area contributed by atoms with Crippen LogP contribution in [0.25, 0.3) is 0 Å². The van der Waals surface area contributed by atoms with Crippen LogP contribution in [0.15, 0.2) is 40.6 Å². The Balaban J connectivity index is 1.59. The second-order valence-electron chi connectivity index (χ2n) is 6.17. The van der Waals surface area contributed by atoms with Crippen molar-refractivity contribution < 1.29 is 0 Å². The summed E-state index contributed by atoms with van der Waals surface area (Å²) < 4.78 is 0. The smallest absolute Gasteiger partial charge is 0.188 e. The van der Waals surface area contributed by atoms with Crippen molar-refractivity contribution in [3.05, 3.63) is 30.6 Å². The van der Waals surface area contributed by atoms with E-state index in [0.717, 1.165) is 5.16 Å². The first-order valence-electron chi connectivity index (χ1n) is 7.01. The average Bonchev–Trinajstić information content (AvgIpc) is 3.02. The highest BCUT2D eigenvalue weighted by molar-refractivity contribution is 7.99. The summed E-state index contributed by atoms with van der Waals surface area (Å²) in [5, 5.41) is 11.2. The van der Waals surface area contributed by atoms with Crippen molar-refractivity contribution in [1.29, 1.82) is 0 Å². The van der Waals surface area contributed by atoms with Crippen molar-refractivity contribution in [2.45, 2.75) is 49.2 Å². The molecule has 3 rings (SSSR count). The highest BCUT2D eigenvalue weighted by Crippen LogP contribution is 2.38. The van der Waals surface area contributed by atoms with Gasteiger partial charge in [-0.15, -0.1) is 0 Å². The van der Waals surface area contributed by atoms with Gasteiger partial charge in [0, 0.05) is 16.6 Å². The highest BCUT2D eigenvalue weighted by atomic mass is 32.2. The fraction of sp³-hybridized carbons (Fsp3) is 0.467. The number of hydrogen-bond acceptors (Lipinski definition) is 4. The van der Waals surface area contributed by atoms with Gasteiger partial charge in [0.15, 0.2) is 5.16 Å². The summed E-state index contributed by atoms with van der Waals surface area (Å²) in [4.78, 5) is 5.28. The molecule has 0 aliphatic heterocycles. The van der Waals surface area contributed by atoms with E-state index in [1.807, 2.05) is 0 Å². The maximum Gasteiger partial charge on any atom is 0.188 e. The molecule has 2 aromatic rings. The third-order valence-corrected chi connectivity index (χ3v) is 4.70. The lowest BCUT2D eigenvalue weighted by atomic mass is 9.92. The number of benzene rings is 1. The first kappa shape index (κ1) is 13.5. The van der Waals surface area contributed by atoms with Crippen molar-refractivity contribution in [1.82, 2.24) is 15.2 Å². The van der Waals surface area contributed by atoms with Gasteiger partial charge in [-0.25, -0.2) is 4.98 Å². The van der Waals surface area contributed by atoms with Crippen molar-refractivity contribution in [3.8, 4) is 0 Å². The largest absolute Gasteiger partial charge is 0.382 e. The molecular formula is C15H20N4S. The van der Waals surface area contributed by atoms with Gasteiger partial charge in [-0.3, -0.25) is 5.10 Å². The fourth-order valence-electron chi connectivity index (χ4n) is 2.77. The molecule has 1 atom stereocenters. The van der Waals surface area contributed by atoms with Crippen LogP contribution in [0, 0.1) is 5.41 Å². The lowest BCUT2D eigenvalue weighted by Gasteiger charge is -2.18. The molecule has 106 valence electrons. The van der Waals surface area contributed by atoms with Gasteiger partial charge in [0.1, 0.15) is 6.33 Å². The standard InChI is InChI=1S/C15H20N4S/c1-15(2)8-7-12(9-15)18-11-3-5-13(6-4-11)20-14-16-10-17-19-14/h3-6,10,12,18H,7-9H2,1-2H3,(H,16,17,19). The number of aromatic nitrogens is 3. The van der Waals surface area contributed by atoms with Gasteiger partial charge in [-0.1, -0.05) is 25.6 Å². The van der Waals surface area contributed by atoms with E-state index in [-0.39, 0.29) is 0 Å². The topological polar surface area (TPSA) is 53.6 Å². The van der Waals surface area contributed by atoms with E-state index in [1.165, 1.54) is 36.2 Å². The molecule has 1 heterocycles. The van der Waals surface area contributed by atoms with Gasteiger partial charge in [0.05, 0.1) is 0 Å². The Morgan fingerprint density at radius 1 is 1.30 bits per heavy atom. The Bertz CT molecular complexity index is 548. The first-order valence-corrected chi connectivity index (χ1v) is 7.82. The zero-order chi connectivity index (χ0) is 14.0. The third-order valence-electron chi connectivity index (χ3n) is 3.80. The van der Waals surface area contributed by atoms with Crippen LogP contribution in [0.3, 0.4) is 0 Å². The molecule has 0 amide bonds. The first-order chi connectivity index (χ1) is 9.61. The number of rotatable bonds is 4. The van der Waals surface area contributed by atoms with Crippen molar-refractivity contribution >= 4 is 17.4 Å². The number of H-pyrrole nitrogens is 1. The monoisotopic (exact) mass is 288 g/mol. The summed E-state index contributed by atoms with van der Waals surface area (Å²) in [5.41, 5.74) is 1.69. The molecular weight excluding hydrogens is 268 g/mol. The SMILES string of the molecule is CC1(C)CCC(Nc2ccc(Sc3ncn[nH]3)cc2)C1. The van der Waals surface area contributed by atoms with Crippen molar-refractivity contribution in [2.24, 2.45) is 5.41 Å². The van der Waals surface area contributed by atoms with Gasteiger partial charge in [-0.05, 0) is 48.9 Å². The van der Waals surface area contributed by atoms with Gasteiger partial charge in [-0.2, -0.15) is 5.10 Å². The van der Waals surface area contributed by atoms with E-state index < -0.39 is 0 Å². The van der Waals surface area contributed by atoms with Crippen molar-refractivity contribution in [3.63, 3.8) is 0 Å². The van der Waals surface area contributed by atoms with E-state index in [2.05, 4.69) is 58.6 Å². The summed E-state index contributed by atoms with van der Waals surface area (Å²) in [5.74, 6) is 0. The van der Waals surface area contributed by atoms with Gasteiger partial charge < -0.3 is 5.32 Å². The predicted octanol–water partition coefficient (Wildman–Crippen LogP) is 3.95. The minimum Gasteiger partial charge on any atom is -0.382 e. The maximum atomic E-state index is 4.11. The Morgan fingerprint density at radius 2 is 2.10 bits per heavy atom. The fourth-order valence-corrected chi connectivity index (χ4v) is 3.46. The number of nitrogens with one attached hydrogen (secondary N) is 2. The third kappa shape index (κ3) is 3.33. The number of aromatic amines is 1. The number of hydrogen-bond donors (Lipinski definition) is 2. The Hall–Kier alpha value is -1.49. The van der Waals surface area contributed by atoms with Crippen LogP contribution >= 0.6 is 11.8 Å². The van der Waals surface area contributed by atoms with E-state index in [1.54, 1.807) is 11.8 Å². The summed E-state index contributed by atoms with van der Waals surface area (Å²) in [6.45, 7) is 4.71. The van der Waals surface area contributed by atoms with Crippen molar-refractivity contribution in [2.75, 3.05) is 5.32 Å². The van der Waals surface area contributed by atoms with E-state index in [9.17, 15) is 0 Å².